The molecule has 6 rings (SSSR count). The van der Waals surface area contributed by atoms with Crippen LogP contribution in [0.4, 0.5) is 22.7 Å². The van der Waals surface area contributed by atoms with Crippen molar-refractivity contribution in [1.29, 1.82) is 0 Å². The van der Waals surface area contributed by atoms with Crippen molar-refractivity contribution in [3.63, 3.8) is 0 Å². The fourth-order valence-corrected chi connectivity index (χ4v) is 7.20. The van der Waals surface area contributed by atoms with E-state index in [1.165, 1.54) is 52.1 Å². The molecule has 0 bridgehead atoms. The van der Waals surface area contributed by atoms with E-state index in [1.54, 1.807) is 0 Å². The molecule has 0 fully saturated rings. The van der Waals surface area contributed by atoms with Gasteiger partial charge < -0.3 is 54.6 Å². The van der Waals surface area contributed by atoms with Gasteiger partial charge in [0, 0.05) is 31.7 Å². The molecule has 0 aromatic heterocycles. The minimum absolute atomic E-state index is 0. The SMILES string of the molecule is C[C@@H](CN1c2ccccc2Sc2ccccc21)[NH+](C)C.C[C@H](CN1c2ccccc2Sc2ccccc21)[NH+](C)C.O=C(O)/C=C/C(=O)O.[Cl-].[Cl-]. The Kier molecular flexibility index (Phi) is 17.2. The molecular weight excluding hydrogens is 711 g/mol. The lowest BCUT2D eigenvalue weighted by molar-refractivity contribution is -0.881. The van der Waals surface area contributed by atoms with Gasteiger partial charge in [0.1, 0.15) is 12.1 Å². The molecule has 268 valence electrons. The standard InChI is InChI=1S/2C17H20N2S.C4H4O4.2ClH/c2*1-13(18(2)3)12-19-14-8-4-6-10-16(14)20-17-11-7-5-9-15(17)19;5-3(6)1-2-4(7)8;;/h2*4-11,13H,12H2,1-3H3;1-2H,(H,5,6)(H,7,8);2*1H/b;;2-1+;;/t2*13-;;;/m10.../s1. The van der Waals surface area contributed by atoms with E-state index in [2.05, 4.69) is 149 Å². The highest BCUT2D eigenvalue weighted by Crippen LogP contribution is 2.48. The number of benzene rings is 4. The van der Waals surface area contributed by atoms with Crippen molar-refractivity contribution in [2.75, 3.05) is 51.1 Å². The lowest BCUT2D eigenvalue weighted by Gasteiger charge is -2.34. The molecule has 2 aliphatic heterocycles. The topological polar surface area (TPSA) is 90.0 Å². The van der Waals surface area contributed by atoms with Crippen molar-refractivity contribution in [2.24, 2.45) is 0 Å². The Hall–Kier alpha value is -3.64. The van der Waals surface area contributed by atoms with Gasteiger partial charge in [0.05, 0.1) is 64.0 Å². The number of rotatable bonds is 8. The van der Waals surface area contributed by atoms with E-state index in [9.17, 15) is 9.59 Å². The van der Waals surface area contributed by atoms with Crippen LogP contribution >= 0.6 is 23.5 Å². The summed E-state index contributed by atoms with van der Waals surface area (Å²) in [6.07, 6.45) is 1.12. The van der Waals surface area contributed by atoms with Crippen molar-refractivity contribution < 1.29 is 54.4 Å². The van der Waals surface area contributed by atoms with Crippen molar-refractivity contribution >= 4 is 58.2 Å². The molecule has 0 aliphatic carbocycles. The molecule has 8 nitrogen and oxygen atoms in total. The summed E-state index contributed by atoms with van der Waals surface area (Å²) in [6.45, 7) is 6.69. The third kappa shape index (κ3) is 11.4. The molecule has 0 unspecified atom stereocenters. The van der Waals surface area contributed by atoms with E-state index in [-0.39, 0.29) is 24.8 Å². The maximum atomic E-state index is 9.55. The molecule has 4 N–H and O–H groups in total. The maximum Gasteiger partial charge on any atom is 0.328 e. The maximum absolute atomic E-state index is 9.55. The summed E-state index contributed by atoms with van der Waals surface area (Å²) in [4.78, 5) is 32.4. The van der Waals surface area contributed by atoms with Gasteiger partial charge in [-0.2, -0.15) is 0 Å². The number of nitrogens with zero attached hydrogens (tertiary/aromatic N) is 2. The smallest absolute Gasteiger partial charge is 0.328 e. The largest absolute Gasteiger partial charge is 1.00 e. The van der Waals surface area contributed by atoms with Crippen molar-refractivity contribution in [3.8, 4) is 0 Å². The molecule has 0 amide bonds. The number of hydrogen-bond donors (Lipinski definition) is 4. The van der Waals surface area contributed by atoms with Gasteiger partial charge in [-0.15, -0.1) is 0 Å². The van der Waals surface area contributed by atoms with Crippen LogP contribution in [0.25, 0.3) is 0 Å². The Labute approximate surface area is 317 Å². The average molecular weight is 758 g/mol. The normalized spacial score (nSPS) is 13.4. The zero-order valence-electron chi connectivity index (χ0n) is 29.1. The lowest BCUT2D eigenvalue weighted by Crippen LogP contribution is -3.10. The summed E-state index contributed by atoms with van der Waals surface area (Å²) in [7, 11) is 8.89. The van der Waals surface area contributed by atoms with Gasteiger partial charge in [-0.1, -0.05) is 72.1 Å². The minimum Gasteiger partial charge on any atom is -1.00 e. The van der Waals surface area contributed by atoms with Crippen LogP contribution in [0.15, 0.2) is 129 Å². The Morgan fingerprint density at radius 1 is 0.560 bits per heavy atom. The number of carbonyl (C=O) groups is 2. The second-order valence-electron chi connectivity index (χ2n) is 12.3. The lowest BCUT2D eigenvalue weighted by atomic mass is 10.2. The third-order valence-electron chi connectivity index (χ3n) is 8.32. The zero-order valence-corrected chi connectivity index (χ0v) is 32.3. The third-order valence-corrected chi connectivity index (χ3v) is 10.6. The number of halogens is 2. The number of carboxylic acids is 2. The van der Waals surface area contributed by atoms with Crippen molar-refractivity contribution in [2.45, 2.75) is 45.5 Å². The summed E-state index contributed by atoms with van der Waals surface area (Å²) in [5.74, 6) is -2.51. The minimum atomic E-state index is -1.26. The molecule has 0 saturated carbocycles. The number of fused-ring (bicyclic) bond motifs is 4. The Balaban J connectivity index is 0.000000278. The van der Waals surface area contributed by atoms with E-state index in [4.69, 9.17) is 10.2 Å². The summed E-state index contributed by atoms with van der Waals surface area (Å²) in [6, 6.07) is 36.0. The highest BCUT2D eigenvalue weighted by Gasteiger charge is 2.27. The Morgan fingerprint density at radius 3 is 1.02 bits per heavy atom. The number of anilines is 4. The van der Waals surface area contributed by atoms with Gasteiger partial charge >= 0.3 is 11.9 Å². The quantitative estimate of drug-likeness (QED) is 0.177. The van der Waals surface area contributed by atoms with E-state index in [1.807, 2.05) is 23.5 Å². The van der Waals surface area contributed by atoms with Crippen LogP contribution in [-0.4, -0.2) is 75.5 Å². The van der Waals surface area contributed by atoms with E-state index in [0.29, 0.717) is 24.2 Å². The van der Waals surface area contributed by atoms with Crippen LogP contribution in [0, 0.1) is 0 Å². The predicted molar refractivity (Wildman–Crippen MR) is 197 cm³/mol. The van der Waals surface area contributed by atoms with Crippen LogP contribution in [0.1, 0.15) is 13.8 Å². The van der Waals surface area contributed by atoms with Crippen LogP contribution in [0.5, 0.6) is 0 Å². The first-order valence-electron chi connectivity index (χ1n) is 16.0. The summed E-state index contributed by atoms with van der Waals surface area (Å²) in [5.41, 5.74) is 5.35. The first kappa shape index (κ1) is 42.5. The van der Waals surface area contributed by atoms with Crippen LogP contribution in [0.2, 0.25) is 0 Å². The Bertz CT molecular complexity index is 1520. The van der Waals surface area contributed by atoms with Gasteiger partial charge in [-0.05, 0) is 62.4 Å². The van der Waals surface area contributed by atoms with E-state index < -0.39 is 11.9 Å². The molecule has 2 aliphatic rings. The number of para-hydroxylation sites is 4. The number of carboxylic acid groups (broad SMARTS) is 2. The number of likely N-dealkylation sites (N-methyl/N-ethyl adjacent to an activating group) is 2. The van der Waals surface area contributed by atoms with Gasteiger partial charge in [0.25, 0.3) is 0 Å². The number of nitrogens with one attached hydrogen (secondary N) is 2. The fourth-order valence-electron chi connectivity index (χ4n) is 5.01. The van der Waals surface area contributed by atoms with Gasteiger partial charge in [-0.3, -0.25) is 0 Å². The highest BCUT2D eigenvalue weighted by molar-refractivity contribution is 8.00. The summed E-state index contributed by atoms with van der Waals surface area (Å²) < 4.78 is 0. The molecule has 0 radical (unpaired) electrons. The molecule has 2 atom stereocenters. The Morgan fingerprint density at radius 2 is 0.800 bits per heavy atom. The first-order valence-corrected chi connectivity index (χ1v) is 17.6. The van der Waals surface area contributed by atoms with Crippen LogP contribution in [0.3, 0.4) is 0 Å². The molecule has 4 aromatic rings. The number of quaternary nitrogens is 2. The van der Waals surface area contributed by atoms with Gasteiger partial charge in [0.15, 0.2) is 0 Å². The van der Waals surface area contributed by atoms with Crippen molar-refractivity contribution in [3.05, 3.63) is 109 Å². The van der Waals surface area contributed by atoms with Crippen LogP contribution in [-0.2, 0) is 9.59 Å². The van der Waals surface area contributed by atoms with E-state index in [0.717, 1.165) is 13.1 Å². The zero-order chi connectivity index (χ0) is 34.8. The monoisotopic (exact) mass is 756 g/mol. The van der Waals surface area contributed by atoms with E-state index >= 15 is 0 Å². The van der Waals surface area contributed by atoms with Crippen LogP contribution < -0.4 is 44.4 Å². The fraction of sp³-hybridized carbons (Fsp3) is 0.263. The molecule has 4 aromatic carbocycles. The molecule has 2 heterocycles. The number of hydrogen-bond acceptors (Lipinski definition) is 6. The second-order valence-corrected chi connectivity index (χ2v) is 14.4. The number of aliphatic carboxylic acids is 2. The molecule has 0 saturated heterocycles. The molecule has 50 heavy (non-hydrogen) atoms. The van der Waals surface area contributed by atoms with Gasteiger partial charge in [-0.25, -0.2) is 9.59 Å². The second kappa shape index (κ2) is 20.3. The molecule has 12 heteroatoms. The highest BCUT2D eigenvalue weighted by atomic mass is 35.5. The summed E-state index contributed by atoms with van der Waals surface area (Å²) >= 11 is 3.75. The first-order chi connectivity index (χ1) is 23.0. The van der Waals surface area contributed by atoms with Gasteiger partial charge in [0.2, 0.25) is 0 Å². The van der Waals surface area contributed by atoms with Crippen molar-refractivity contribution in [1.82, 2.24) is 0 Å². The summed E-state index contributed by atoms with van der Waals surface area (Å²) in [5, 5.41) is 15.6. The molecule has 0 spiro atoms. The molecular formula is C38H46Cl2N4O4S2. The average Bonchev–Trinajstić information content (AvgIpc) is 3.07. The predicted octanol–water partition coefficient (Wildman–Crippen LogP) is -0.636.